The molecule has 0 radical (unpaired) electrons. The lowest BCUT2D eigenvalue weighted by molar-refractivity contribution is -0.158. The summed E-state index contributed by atoms with van der Waals surface area (Å²) in [6.45, 7) is 5.70. The summed E-state index contributed by atoms with van der Waals surface area (Å²) in [4.78, 5) is 26.9. The normalized spacial score (nSPS) is 27.5. The van der Waals surface area contributed by atoms with E-state index in [2.05, 4.69) is 11.2 Å². The number of amides is 2. The van der Waals surface area contributed by atoms with Gasteiger partial charge in [0.2, 0.25) is 11.8 Å². The Labute approximate surface area is 114 Å². The molecule has 2 rings (SSSR count). The number of nitrogens with zero attached hydrogens (tertiary/aromatic N) is 1. The van der Waals surface area contributed by atoms with Crippen LogP contribution in [-0.4, -0.2) is 34.3 Å². The molecule has 19 heavy (non-hydrogen) atoms. The van der Waals surface area contributed by atoms with Gasteiger partial charge >= 0.3 is 0 Å². The fourth-order valence-corrected chi connectivity index (χ4v) is 3.30. The fraction of sp³-hybridized carbons (Fsp3) is 0.733. The van der Waals surface area contributed by atoms with Crippen LogP contribution in [0.5, 0.6) is 0 Å². The number of hydrogen-bond donors (Lipinski definition) is 1. The SMILES string of the molecule is C#CC(C)N1C(=O)C2(CCCC2)NC(=O)C1C(C)C. The first-order valence-corrected chi connectivity index (χ1v) is 7.04. The lowest BCUT2D eigenvalue weighted by atomic mass is 9.86. The number of rotatable bonds is 2. The molecule has 4 nitrogen and oxygen atoms in total. The Morgan fingerprint density at radius 2 is 1.89 bits per heavy atom. The molecule has 1 aliphatic heterocycles. The highest BCUT2D eigenvalue weighted by molar-refractivity contribution is 6.00. The number of terminal acetylenes is 1. The van der Waals surface area contributed by atoms with Crippen LogP contribution in [-0.2, 0) is 9.59 Å². The third-order valence-corrected chi connectivity index (χ3v) is 4.32. The second kappa shape index (κ2) is 4.88. The summed E-state index contributed by atoms with van der Waals surface area (Å²) >= 11 is 0. The first kappa shape index (κ1) is 13.9. The molecule has 2 aliphatic rings. The second-order valence-corrected chi connectivity index (χ2v) is 6.02. The van der Waals surface area contributed by atoms with Gasteiger partial charge < -0.3 is 10.2 Å². The number of nitrogens with one attached hydrogen (secondary N) is 1. The minimum atomic E-state index is -0.687. The Hall–Kier alpha value is -1.50. The van der Waals surface area contributed by atoms with E-state index in [-0.39, 0.29) is 23.8 Å². The summed E-state index contributed by atoms with van der Waals surface area (Å²) in [5.74, 6) is 2.61. The quantitative estimate of drug-likeness (QED) is 0.763. The number of carbonyl (C=O) groups is 2. The van der Waals surface area contributed by atoms with Gasteiger partial charge in [0.05, 0.1) is 6.04 Å². The van der Waals surface area contributed by atoms with Crippen molar-refractivity contribution < 1.29 is 9.59 Å². The Morgan fingerprint density at radius 1 is 1.32 bits per heavy atom. The first-order chi connectivity index (χ1) is 8.93. The standard InChI is InChI=1S/C15H22N2O2/c1-5-11(4)17-12(10(2)3)13(18)16-15(14(17)19)8-6-7-9-15/h1,10-12H,6-9H2,2-4H3,(H,16,18). The van der Waals surface area contributed by atoms with Crippen LogP contribution >= 0.6 is 0 Å². The zero-order chi connectivity index (χ0) is 14.2. The van der Waals surface area contributed by atoms with Gasteiger partial charge in [-0.2, -0.15) is 0 Å². The van der Waals surface area contributed by atoms with E-state index in [4.69, 9.17) is 6.42 Å². The van der Waals surface area contributed by atoms with E-state index in [0.29, 0.717) is 0 Å². The van der Waals surface area contributed by atoms with Crippen molar-refractivity contribution in [2.45, 2.75) is 64.1 Å². The molecule has 0 aromatic carbocycles. The molecular formula is C15H22N2O2. The third-order valence-electron chi connectivity index (χ3n) is 4.32. The van der Waals surface area contributed by atoms with Crippen molar-refractivity contribution in [1.82, 2.24) is 10.2 Å². The van der Waals surface area contributed by atoms with Gasteiger partial charge in [0.25, 0.3) is 0 Å². The van der Waals surface area contributed by atoms with E-state index in [9.17, 15) is 9.59 Å². The highest BCUT2D eigenvalue weighted by atomic mass is 16.2. The number of piperazine rings is 1. The summed E-state index contributed by atoms with van der Waals surface area (Å²) in [6, 6.07) is -0.798. The van der Waals surface area contributed by atoms with E-state index in [1.165, 1.54) is 0 Å². The second-order valence-electron chi connectivity index (χ2n) is 6.02. The van der Waals surface area contributed by atoms with Gasteiger partial charge in [-0.15, -0.1) is 6.42 Å². The smallest absolute Gasteiger partial charge is 0.250 e. The van der Waals surface area contributed by atoms with Crippen molar-refractivity contribution in [3.05, 3.63) is 0 Å². The van der Waals surface area contributed by atoms with Crippen LogP contribution in [0.1, 0.15) is 46.5 Å². The molecule has 104 valence electrons. The zero-order valence-corrected chi connectivity index (χ0v) is 11.9. The molecule has 2 fully saturated rings. The first-order valence-electron chi connectivity index (χ1n) is 7.04. The minimum Gasteiger partial charge on any atom is -0.340 e. The van der Waals surface area contributed by atoms with E-state index >= 15 is 0 Å². The van der Waals surface area contributed by atoms with Crippen molar-refractivity contribution in [3.8, 4) is 12.3 Å². The summed E-state index contributed by atoms with van der Waals surface area (Å²) in [5, 5.41) is 2.98. The fourth-order valence-electron chi connectivity index (χ4n) is 3.30. The molecule has 1 saturated heterocycles. The van der Waals surface area contributed by atoms with Crippen molar-refractivity contribution >= 4 is 11.8 Å². The van der Waals surface area contributed by atoms with Crippen LogP contribution < -0.4 is 5.32 Å². The topological polar surface area (TPSA) is 49.4 Å². The molecule has 1 saturated carbocycles. The van der Waals surface area contributed by atoms with E-state index in [1.54, 1.807) is 4.90 Å². The molecule has 2 unspecified atom stereocenters. The Kier molecular flexibility index (Phi) is 3.58. The number of carbonyl (C=O) groups excluding carboxylic acids is 2. The van der Waals surface area contributed by atoms with E-state index < -0.39 is 11.6 Å². The van der Waals surface area contributed by atoms with Crippen LogP contribution in [0.25, 0.3) is 0 Å². The van der Waals surface area contributed by atoms with Gasteiger partial charge in [-0.1, -0.05) is 32.6 Å². The van der Waals surface area contributed by atoms with Crippen molar-refractivity contribution in [2.75, 3.05) is 0 Å². The maximum Gasteiger partial charge on any atom is 0.250 e. The summed E-state index contributed by atoms with van der Waals surface area (Å²) in [6.07, 6.45) is 8.91. The van der Waals surface area contributed by atoms with Crippen LogP contribution in [0.4, 0.5) is 0 Å². The molecule has 1 N–H and O–H groups in total. The molecule has 4 heteroatoms. The Morgan fingerprint density at radius 3 is 2.37 bits per heavy atom. The third kappa shape index (κ3) is 2.11. The van der Waals surface area contributed by atoms with Crippen LogP contribution in [0.15, 0.2) is 0 Å². The predicted octanol–water partition coefficient (Wildman–Crippen LogP) is 1.30. The van der Waals surface area contributed by atoms with Crippen molar-refractivity contribution in [1.29, 1.82) is 0 Å². The van der Waals surface area contributed by atoms with Gasteiger partial charge in [-0.25, -0.2) is 0 Å². The maximum atomic E-state index is 12.8. The molecular weight excluding hydrogens is 240 g/mol. The molecule has 0 aromatic heterocycles. The summed E-state index contributed by atoms with van der Waals surface area (Å²) in [7, 11) is 0. The minimum absolute atomic E-state index is 0.00810. The monoisotopic (exact) mass is 262 g/mol. The van der Waals surface area contributed by atoms with Crippen LogP contribution in [0.2, 0.25) is 0 Å². The average molecular weight is 262 g/mol. The van der Waals surface area contributed by atoms with Gasteiger partial charge in [-0.05, 0) is 25.7 Å². The molecule has 0 aromatic rings. The molecule has 1 heterocycles. The largest absolute Gasteiger partial charge is 0.340 e. The Balaban J connectivity index is 2.39. The Bertz CT molecular complexity index is 430. The number of hydrogen-bond acceptors (Lipinski definition) is 2. The summed E-state index contributed by atoms with van der Waals surface area (Å²) < 4.78 is 0. The predicted molar refractivity (Wildman–Crippen MR) is 73.1 cm³/mol. The van der Waals surface area contributed by atoms with Gasteiger partial charge in [0.15, 0.2) is 0 Å². The molecule has 1 spiro atoms. The van der Waals surface area contributed by atoms with Crippen molar-refractivity contribution in [3.63, 3.8) is 0 Å². The summed E-state index contributed by atoms with van der Waals surface area (Å²) in [5.41, 5.74) is -0.687. The molecule has 2 amide bonds. The van der Waals surface area contributed by atoms with Crippen LogP contribution in [0, 0.1) is 18.3 Å². The average Bonchev–Trinajstić information content (AvgIpc) is 2.81. The maximum absolute atomic E-state index is 12.8. The lowest BCUT2D eigenvalue weighted by Gasteiger charge is -2.47. The lowest BCUT2D eigenvalue weighted by Crippen LogP contribution is -2.71. The van der Waals surface area contributed by atoms with Gasteiger partial charge in [0, 0.05) is 0 Å². The molecule has 2 atom stereocenters. The van der Waals surface area contributed by atoms with Gasteiger partial charge in [-0.3, -0.25) is 9.59 Å². The van der Waals surface area contributed by atoms with E-state index in [1.807, 2.05) is 20.8 Å². The molecule has 1 aliphatic carbocycles. The van der Waals surface area contributed by atoms with Crippen LogP contribution in [0.3, 0.4) is 0 Å². The highest BCUT2D eigenvalue weighted by Crippen LogP contribution is 2.36. The van der Waals surface area contributed by atoms with Gasteiger partial charge in [0.1, 0.15) is 11.6 Å². The van der Waals surface area contributed by atoms with Crippen molar-refractivity contribution in [2.24, 2.45) is 5.92 Å². The van der Waals surface area contributed by atoms with E-state index in [0.717, 1.165) is 25.7 Å². The zero-order valence-electron chi connectivity index (χ0n) is 11.9. The molecule has 0 bridgehead atoms. The highest BCUT2D eigenvalue weighted by Gasteiger charge is 2.53.